The molecule has 2 aromatic carbocycles. The lowest BCUT2D eigenvalue weighted by Crippen LogP contribution is -2.42. The van der Waals surface area contributed by atoms with E-state index in [4.69, 9.17) is 10.3 Å². The molecule has 1 saturated carbocycles. The standard InChI is InChI=1S/C20H19N3O3/c21-19(24)14-7-4-8-16(14)22-20(25)13-9-10-17-15(11-13)18(26-23-17)12-5-2-1-3-6-12/h1-3,5-6,9-11,14,16H,4,7-8H2,(H2,21,24)(H,22,25)/t14-,16-/m0/s1. The SMILES string of the molecule is NC(=O)[C@H]1CCC[C@@H]1NC(=O)c1ccc2noc(-c3ccccc3)c2c1. The summed E-state index contributed by atoms with van der Waals surface area (Å²) < 4.78 is 5.47. The second-order valence-electron chi connectivity index (χ2n) is 6.63. The second kappa shape index (κ2) is 6.63. The average Bonchev–Trinajstić information content (AvgIpc) is 3.28. The van der Waals surface area contributed by atoms with E-state index in [0.717, 1.165) is 30.2 Å². The van der Waals surface area contributed by atoms with Crippen LogP contribution >= 0.6 is 0 Å². The minimum absolute atomic E-state index is 0.202. The minimum atomic E-state index is -0.353. The predicted octanol–water partition coefficient (Wildman–Crippen LogP) is 2.88. The average molecular weight is 349 g/mol. The zero-order chi connectivity index (χ0) is 18.1. The van der Waals surface area contributed by atoms with Gasteiger partial charge in [0.15, 0.2) is 5.76 Å². The molecule has 1 heterocycles. The highest BCUT2D eigenvalue weighted by atomic mass is 16.5. The second-order valence-corrected chi connectivity index (χ2v) is 6.63. The molecule has 6 nitrogen and oxygen atoms in total. The van der Waals surface area contributed by atoms with Gasteiger partial charge in [0.25, 0.3) is 5.91 Å². The summed E-state index contributed by atoms with van der Waals surface area (Å²) in [7, 11) is 0. The quantitative estimate of drug-likeness (QED) is 0.756. The number of carbonyl (C=O) groups is 2. The van der Waals surface area contributed by atoms with Crippen LogP contribution in [-0.4, -0.2) is 23.0 Å². The van der Waals surface area contributed by atoms with E-state index in [-0.39, 0.29) is 23.8 Å². The van der Waals surface area contributed by atoms with E-state index in [1.54, 1.807) is 18.2 Å². The van der Waals surface area contributed by atoms with E-state index in [2.05, 4.69) is 10.5 Å². The molecule has 0 aliphatic heterocycles. The lowest BCUT2D eigenvalue weighted by Gasteiger charge is -2.18. The summed E-state index contributed by atoms with van der Waals surface area (Å²) in [5.74, 6) is -0.233. The van der Waals surface area contributed by atoms with Crippen molar-refractivity contribution in [1.29, 1.82) is 0 Å². The molecule has 0 saturated heterocycles. The van der Waals surface area contributed by atoms with Gasteiger partial charge in [-0.05, 0) is 31.0 Å². The van der Waals surface area contributed by atoms with Crippen molar-refractivity contribution in [2.75, 3.05) is 0 Å². The fourth-order valence-electron chi connectivity index (χ4n) is 3.61. The first-order valence-corrected chi connectivity index (χ1v) is 8.68. The molecule has 26 heavy (non-hydrogen) atoms. The number of primary amides is 1. The summed E-state index contributed by atoms with van der Waals surface area (Å²) >= 11 is 0. The van der Waals surface area contributed by atoms with Gasteiger partial charge in [-0.15, -0.1) is 0 Å². The highest BCUT2D eigenvalue weighted by Crippen LogP contribution is 2.30. The molecule has 0 bridgehead atoms. The Morgan fingerprint density at radius 1 is 1.12 bits per heavy atom. The molecule has 3 N–H and O–H groups in total. The summed E-state index contributed by atoms with van der Waals surface area (Å²) in [4.78, 5) is 24.2. The molecule has 1 fully saturated rings. The van der Waals surface area contributed by atoms with Gasteiger partial charge in [0.2, 0.25) is 5.91 Å². The van der Waals surface area contributed by atoms with Gasteiger partial charge in [-0.3, -0.25) is 9.59 Å². The van der Waals surface area contributed by atoms with Crippen molar-refractivity contribution in [2.24, 2.45) is 11.7 Å². The molecule has 132 valence electrons. The van der Waals surface area contributed by atoms with Crippen molar-refractivity contribution < 1.29 is 14.1 Å². The Labute approximate surface area is 150 Å². The molecular weight excluding hydrogens is 330 g/mol. The summed E-state index contributed by atoms with van der Waals surface area (Å²) in [5, 5.41) is 7.80. The smallest absolute Gasteiger partial charge is 0.251 e. The molecule has 2 atom stereocenters. The topological polar surface area (TPSA) is 98.2 Å². The van der Waals surface area contributed by atoms with Crippen molar-refractivity contribution in [2.45, 2.75) is 25.3 Å². The lowest BCUT2D eigenvalue weighted by atomic mass is 10.0. The molecule has 1 aromatic heterocycles. The number of hydrogen-bond donors (Lipinski definition) is 2. The predicted molar refractivity (Wildman–Crippen MR) is 97.2 cm³/mol. The third-order valence-electron chi connectivity index (χ3n) is 4.97. The van der Waals surface area contributed by atoms with Gasteiger partial charge in [0, 0.05) is 17.2 Å². The van der Waals surface area contributed by atoms with Crippen molar-refractivity contribution in [1.82, 2.24) is 10.5 Å². The zero-order valence-corrected chi connectivity index (χ0v) is 14.1. The van der Waals surface area contributed by atoms with Gasteiger partial charge < -0.3 is 15.6 Å². The zero-order valence-electron chi connectivity index (χ0n) is 14.1. The van der Waals surface area contributed by atoms with E-state index in [1.165, 1.54) is 0 Å². The Bertz CT molecular complexity index is 965. The Morgan fingerprint density at radius 2 is 1.92 bits per heavy atom. The number of rotatable bonds is 4. The summed E-state index contributed by atoms with van der Waals surface area (Å²) in [6.45, 7) is 0. The van der Waals surface area contributed by atoms with Gasteiger partial charge in [-0.1, -0.05) is 41.9 Å². The summed E-state index contributed by atoms with van der Waals surface area (Å²) in [6.07, 6.45) is 2.38. The van der Waals surface area contributed by atoms with E-state index in [0.29, 0.717) is 16.8 Å². The van der Waals surface area contributed by atoms with E-state index < -0.39 is 0 Å². The van der Waals surface area contributed by atoms with Crippen LogP contribution in [0.25, 0.3) is 22.2 Å². The van der Waals surface area contributed by atoms with Crippen molar-refractivity contribution in [3.63, 3.8) is 0 Å². The molecule has 3 aromatic rings. The number of nitrogens with two attached hydrogens (primary N) is 1. The largest absolute Gasteiger partial charge is 0.369 e. The number of fused-ring (bicyclic) bond motifs is 1. The third kappa shape index (κ3) is 2.94. The van der Waals surface area contributed by atoms with Gasteiger partial charge in [0.05, 0.1) is 11.3 Å². The number of nitrogens with zero attached hydrogens (tertiary/aromatic N) is 1. The fraction of sp³-hybridized carbons (Fsp3) is 0.250. The third-order valence-corrected chi connectivity index (χ3v) is 4.97. The Morgan fingerprint density at radius 3 is 2.69 bits per heavy atom. The van der Waals surface area contributed by atoms with Crippen LogP contribution in [0.1, 0.15) is 29.6 Å². The maximum atomic E-state index is 12.7. The highest BCUT2D eigenvalue weighted by molar-refractivity contribution is 6.01. The van der Waals surface area contributed by atoms with Crippen LogP contribution in [0.15, 0.2) is 53.1 Å². The lowest BCUT2D eigenvalue weighted by molar-refractivity contribution is -0.122. The Hall–Kier alpha value is -3.15. The molecular formula is C20H19N3O3. The minimum Gasteiger partial charge on any atom is -0.369 e. The van der Waals surface area contributed by atoms with Crippen molar-refractivity contribution >= 4 is 22.7 Å². The first-order chi connectivity index (χ1) is 12.6. The maximum Gasteiger partial charge on any atom is 0.251 e. The number of amides is 2. The highest BCUT2D eigenvalue weighted by Gasteiger charge is 2.32. The number of carbonyl (C=O) groups excluding carboxylic acids is 2. The molecule has 1 aliphatic rings. The Balaban J connectivity index is 1.63. The van der Waals surface area contributed by atoms with Crippen molar-refractivity contribution in [3.05, 3.63) is 54.1 Å². The van der Waals surface area contributed by atoms with Gasteiger partial charge in [0.1, 0.15) is 5.52 Å². The van der Waals surface area contributed by atoms with E-state index >= 15 is 0 Å². The molecule has 0 radical (unpaired) electrons. The van der Waals surface area contributed by atoms with Crippen LogP contribution in [0.5, 0.6) is 0 Å². The number of nitrogens with one attached hydrogen (secondary N) is 1. The molecule has 0 unspecified atom stereocenters. The van der Waals surface area contributed by atoms with Gasteiger partial charge >= 0.3 is 0 Å². The van der Waals surface area contributed by atoms with Crippen LogP contribution in [0, 0.1) is 5.92 Å². The van der Waals surface area contributed by atoms with Gasteiger partial charge in [-0.2, -0.15) is 0 Å². The van der Waals surface area contributed by atoms with E-state index in [1.807, 2.05) is 30.3 Å². The van der Waals surface area contributed by atoms with Crippen LogP contribution in [0.2, 0.25) is 0 Å². The van der Waals surface area contributed by atoms with Crippen molar-refractivity contribution in [3.8, 4) is 11.3 Å². The van der Waals surface area contributed by atoms with Crippen LogP contribution in [0.3, 0.4) is 0 Å². The van der Waals surface area contributed by atoms with Crippen LogP contribution < -0.4 is 11.1 Å². The van der Waals surface area contributed by atoms with Gasteiger partial charge in [-0.25, -0.2) is 0 Å². The summed E-state index contributed by atoms with van der Waals surface area (Å²) in [5.41, 5.74) is 7.53. The number of aromatic nitrogens is 1. The summed E-state index contributed by atoms with van der Waals surface area (Å²) in [6, 6.07) is 14.7. The van der Waals surface area contributed by atoms with E-state index in [9.17, 15) is 9.59 Å². The monoisotopic (exact) mass is 349 g/mol. The fourth-order valence-corrected chi connectivity index (χ4v) is 3.61. The van der Waals surface area contributed by atoms with Crippen LogP contribution in [0.4, 0.5) is 0 Å². The molecule has 6 heteroatoms. The number of benzene rings is 2. The maximum absolute atomic E-state index is 12.7. The first-order valence-electron chi connectivity index (χ1n) is 8.68. The molecule has 1 aliphatic carbocycles. The molecule has 2 amide bonds. The normalized spacial score (nSPS) is 19.5. The van der Waals surface area contributed by atoms with Crippen LogP contribution in [-0.2, 0) is 4.79 Å². The molecule has 0 spiro atoms. The Kier molecular flexibility index (Phi) is 4.16. The number of hydrogen-bond acceptors (Lipinski definition) is 4. The molecule has 4 rings (SSSR count). The first kappa shape index (κ1) is 16.3.